The number of esters is 1. The van der Waals surface area contributed by atoms with E-state index in [4.69, 9.17) is 10.00 Å². The predicted molar refractivity (Wildman–Crippen MR) is 84.0 cm³/mol. The molecule has 1 N–H and O–H groups in total. The third-order valence-corrected chi connectivity index (χ3v) is 4.10. The molecule has 0 spiro atoms. The Morgan fingerprint density at radius 1 is 1.50 bits per heavy atom. The van der Waals surface area contributed by atoms with Crippen LogP contribution in [0.3, 0.4) is 0 Å². The molecule has 2 aromatic rings. The number of nitriles is 1. The van der Waals surface area contributed by atoms with E-state index < -0.39 is 18.5 Å². The van der Waals surface area contributed by atoms with Gasteiger partial charge in [-0.2, -0.15) is 5.26 Å². The molecule has 0 saturated heterocycles. The van der Waals surface area contributed by atoms with Crippen LogP contribution in [0.1, 0.15) is 15.9 Å². The lowest BCUT2D eigenvalue weighted by atomic mass is 10.3. The van der Waals surface area contributed by atoms with E-state index in [1.165, 1.54) is 23.1 Å². The van der Waals surface area contributed by atoms with Crippen molar-refractivity contribution in [2.24, 2.45) is 0 Å². The fraction of sp³-hybridized carbons (Fsp3) is 0.143. The van der Waals surface area contributed by atoms with Crippen molar-refractivity contribution >= 4 is 40.0 Å². The van der Waals surface area contributed by atoms with Gasteiger partial charge in [-0.1, -0.05) is 0 Å². The summed E-state index contributed by atoms with van der Waals surface area (Å²) in [5, 5.41) is 14.1. The summed E-state index contributed by atoms with van der Waals surface area (Å²) in [5.74, 6) is -1.11. The van der Waals surface area contributed by atoms with E-state index in [1.54, 1.807) is 36.0 Å². The van der Waals surface area contributed by atoms with Gasteiger partial charge in [-0.05, 0) is 29.8 Å². The summed E-state index contributed by atoms with van der Waals surface area (Å²) >= 11 is 2.55. The number of amides is 1. The molecular weight excluding hydrogens is 322 g/mol. The van der Waals surface area contributed by atoms with Gasteiger partial charge in [-0.15, -0.1) is 23.1 Å². The summed E-state index contributed by atoms with van der Waals surface area (Å²) in [6.45, 7) is -0.426. The van der Waals surface area contributed by atoms with Crippen molar-refractivity contribution in [2.75, 3.05) is 18.2 Å². The third kappa shape index (κ3) is 3.84. The van der Waals surface area contributed by atoms with Crippen molar-refractivity contribution < 1.29 is 14.3 Å². The maximum Gasteiger partial charge on any atom is 0.341 e. The molecule has 0 fully saturated rings. The number of thiophene rings is 1. The van der Waals surface area contributed by atoms with E-state index >= 15 is 0 Å². The van der Waals surface area contributed by atoms with Crippen LogP contribution in [0.4, 0.5) is 5.00 Å². The fourth-order valence-electron chi connectivity index (χ4n) is 1.57. The number of hydrogen-bond acceptors (Lipinski definition) is 7. The molecule has 0 bridgehead atoms. The molecule has 6 nitrogen and oxygen atoms in total. The molecule has 2 aromatic heterocycles. The smallest absolute Gasteiger partial charge is 0.341 e. The Morgan fingerprint density at radius 3 is 3.05 bits per heavy atom. The lowest BCUT2D eigenvalue weighted by molar-refractivity contribution is -0.119. The molecule has 0 aliphatic carbocycles. The Balaban J connectivity index is 1.94. The lowest BCUT2D eigenvalue weighted by Gasteiger charge is -2.07. The van der Waals surface area contributed by atoms with Gasteiger partial charge in [-0.25, -0.2) is 9.78 Å². The lowest BCUT2D eigenvalue weighted by Crippen LogP contribution is -2.21. The van der Waals surface area contributed by atoms with Crippen molar-refractivity contribution in [3.63, 3.8) is 0 Å². The largest absolute Gasteiger partial charge is 0.452 e. The maximum absolute atomic E-state index is 11.9. The Labute approximate surface area is 135 Å². The second-order valence-electron chi connectivity index (χ2n) is 3.96. The molecule has 0 radical (unpaired) electrons. The standard InChI is InChI=1S/C14H11N3O3S2/c1-21-13-10(3-2-5-16-13)14(19)20-8-11(18)17-12-9(7-15)4-6-22-12/h2-6H,8H2,1H3,(H,17,18). The molecule has 0 aliphatic heterocycles. The van der Waals surface area contributed by atoms with Gasteiger partial charge < -0.3 is 10.1 Å². The van der Waals surface area contributed by atoms with Crippen molar-refractivity contribution in [1.29, 1.82) is 5.26 Å². The van der Waals surface area contributed by atoms with E-state index in [-0.39, 0.29) is 0 Å². The monoisotopic (exact) mass is 333 g/mol. The number of pyridine rings is 1. The number of carbonyl (C=O) groups is 2. The molecular formula is C14H11N3O3S2. The van der Waals surface area contributed by atoms with Crippen molar-refractivity contribution in [2.45, 2.75) is 5.03 Å². The first kappa shape index (κ1) is 16.0. The molecule has 112 valence electrons. The number of nitrogens with zero attached hydrogens (tertiary/aromatic N) is 2. The summed E-state index contributed by atoms with van der Waals surface area (Å²) in [6.07, 6.45) is 3.38. The summed E-state index contributed by atoms with van der Waals surface area (Å²) in [5.41, 5.74) is 0.693. The molecule has 22 heavy (non-hydrogen) atoms. The van der Waals surface area contributed by atoms with Crippen LogP contribution < -0.4 is 5.32 Å². The summed E-state index contributed by atoms with van der Waals surface area (Å²) in [7, 11) is 0. The SMILES string of the molecule is CSc1ncccc1C(=O)OCC(=O)Nc1sccc1C#N. The van der Waals surface area contributed by atoms with Crippen molar-refractivity contribution in [3.8, 4) is 6.07 Å². The van der Waals surface area contributed by atoms with Crippen molar-refractivity contribution in [1.82, 2.24) is 4.98 Å². The highest BCUT2D eigenvalue weighted by atomic mass is 32.2. The summed E-state index contributed by atoms with van der Waals surface area (Å²) in [4.78, 5) is 27.8. The van der Waals surface area contributed by atoms with Gasteiger partial charge in [0.2, 0.25) is 0 Å². The number of anilines is 1. The molecule has 2 rings (SSSR count). The predicted octanol–water partition coefficient (Wildman–Crippen LogP) is 2.53. The van der Waals surface area contributed by atoms with Gasteiger partial charge in [0.25, 0.3) is 5.91 Å². The topological polar surface area (TPSA) is 92.1 Å². The quantitative estimate of drug-likeness (QED) is 0.668. The zero-order valence-corrected chi connectivity index (χ0v) is 13.2. The van der Waals surface area contributed by atoms with Gasteiger partial charge in [0.1, 0.15) is 16.1 Å². The van der Waals surface area contributed by atoms with E-state index in [0.29, 0.717) is 21.2 Å². The Bertz CT molecular complexity index is 737. The second-order valence-corrected chi connectivity index (χ2v) is 5.67. The number of nitrogens with one attached hydrogen (secondary N) is 1. The first-order chi connectivity index (χ1) is 10.7. The van der Waals surface area contributed by atoms with Gasteiger partial charge in [0.05, 0.1) is 11.1 Å². The number of carbonyl (C=O) groups excluding carboxylic acids is 2. The highest BCUT2D eigenvalue weighted by molar-refractivity contribution is 7.98. The van der Waals surface area contributed by atoms with Crippen LogP contribution in [-0.4, -0.2) is 29.7 Å². The zero-order chi connectivity index (χ0) is 15.9. The Kier molecular flexibility index (Phi) is 5.52. The number of ether oxygens (including phenoxy) is 1. The summed E-state index contributed by atoms with van der Waals surface area (Å²) in [6, 6.07) is 6.78. The van der Waals surface area contributed by atoms with Gasteiger partial charge >= 0.3 is 5.97 Å². The van der Waals surface area contributed by atoms with Gasteiger partial charge in [-0.3, -0.25) is 4.79 Å². The minimum atomic E-state index is -0.612. The molecule has 0 aromatic carbocycles. The van der Waals surface area contributed by atoms with Crippen LogP contribution in [0.5, 0.6) is 0 Å². The van der Waals surface area contributed by atoms with E-state index in [0.717, 1.165) is 0 Å². The molecule has 0 atom stereocenters. The number of aromatic nitrogens is 1. The number of hydrogen-bond donors (Lipinski definition) is 1. The van der Waals surface area contributed by atoms with E-state index in [9.17, 15) is 9.59 Å². The second kappa shape index (κ2) is 7.59. The maximum atomic E-state index is 11.9. The molecule has 2 heterocycles. The summed E-state index contributed by atoms with van der Waals surface area (Å²) < 4.78 is 4.97. The van der Waals surface area contributed by atoms with Crippen LogP contribution in [0.2, 0.25) is 0 Å². The van der Waals surface area contributed by atoms with E-state index in [2.05, 4.69) is 10.3 Å². The highest BCUT2D eigenvalue weighted by Crippen LogP contribution is 2.22. The first-order valence-corrected chi connectivity index (χ1v) is 8.19. The van der Waals surface area contributed by atoms with Crippen LogP contribution in [0.25, 0.3) is 0 Å². The van der Waals surface area contributed by atoms with Gasteiger partial charge in [0, 0.05) is 6.20 Å². The minimum Gasteiger partial charge on any atom is -0.452 e. The van der Waals surface area contributed by atoms with Crippen molar-refractivity contribution in [3.05, 3.63) is 40.9 Å². The zero-order valence-electron chi connectivity index (χ0n) is 11.5. The number of rotatable bonds is 5. The van der Waals surface area contributed by atoms with Crippen LogP contribution in [0.15, 0.2) is 34.8 Å². The number of thioether (sulfide) groups is 1. The molecule has 0 aliphatic rings. The van der Waals surface area contributed by atoms with Gasteiger partial charge in [0.15, 0.2) is 6.61 Å². The fourth-order valence-corrected chi connectivity index (χ4v) is 2.87. The first-order valence-electron chi connectivity index (χ1n) is 6.09. The molecule has 8 heteroatoms. The minimum absolute atomic E-state index is 0.316. The third-order valence-electron chi connectivity index (χ3n) is 2.56. The van der Waals surface area contributed by atoms with E-state index in [1.807, 2.05) is 6.07 Å². The Hall–Kier alpha value is -2.37. The normalized spacial score (nSPS) is 9.82. The molecule has 0 saturated carbocycles. The average Bonchev–Trinajstić information content (AvgIpc) is 2.99. The Morgan fingerprint density at radius 2 is 2.32 bits per heavy atom. The highest BCUT2D eigenvalue weighted by Gasteiger charge is 2.15. The molecule has 1 amide bonds. The van der Waals surface area contributed by atoms with Crippen LogP contribution in [-0.2, 0) is 9.53 Å². The molecule has 0 unspecified atom stereocenters. The average molecular weight is 333 g/mol. The van der Waals surface area contributed by atoms with Crippen LogP contribution >= 0.6 is 23.1 Å². The van der Waals surface area contributed by atoms with Crippen LogP contribution in [0, 0.1) is 11.3 Å².